The first-order chi connectivity index (χ1) is 11.6. The van der Waals surface area contributed by atoms with E-state index in [9.17, 15) is 9.50 Å². The molecule has 0 bridgehead atoms. The number of aliphatic hydroxyl groups excluding tert-OH is 1. The van der Waals surface area contributed by atoms with E-state index in [1.165, 1.54) is 23.0 Å². The van der Waals surface area contributed by atoms with Gasteiger partial charge in [-0.05, 0) is 24.3 Å². The van der Waals surface area contributed by atoms with Crippen LogP contribution in [0.15, 0.2) is 53.3 Å². The molecule has 24 heavy (non-hydrogen) atoms. The van der Waals surface area contributed by atoms with E-state index in [-0.39, 0.29) is 5.76 Å². The number of anilines is 1. The molecular formula is C16H12FN5O2. The summed E-state index contributed by atoms with van der Waals surface area (Å²) in [6.45, 7) is 0. The van der Waals surface area contributed by atoms with Crippen LogP contribution in [0.5, 0.6) is 0 Å². The van der Waals surface area contributed by atoms with Crippen LogP contribution in [0.25, 0.3) is 16.8 Å². The van der Waals surface area contributed by atoms with Crippen molar-refractivity contribution in [2.75, 3.05) is 5.73 Å². The molecule has 0 aliphatic rings. The first-order valence-corrected chi connectivity index (χ1v) is 7.13. The number of hydrogen-bond donors (Lipinski definition) is 2. The summed E-state index contributed by atoms with van der Waals surface area (Å²) in [5.74, 6) is 0.0546. The van der Waals surface area contributed by atoms with Crippen molar-refractivity contribution < 1.29 is 14.0 Å². The van der Waals surface area contributed by atoms with Gasteiger partial charge in [0.1, 0.15) is 23.4 Å². The van der Waals surface area contributed by atoms with Crippen molar-refractivity contribution in [3.05, 3.63) is 66.1 Å². The minimum absolute atomic E-state index is 0.172. The first-order valence-electron chi connectivity index (χ1n) is 7.13. The number of nitrogens with two attached hydrogens (primary N) is 1. The van der Waals surface area contributed by atoms with E-state index < -0.39 is 11.9 Å². The van der Waals surface area contributed by atoms with Gasteiger partial charge in [-0.15, -0.1) is 0 Å². The third-order valence-corrected chi connectivity index (χ3v) is 3.74. The summed E-state index contributed by atoms with van der Waals surface area (Å²) in [7, 11) is 0. The molecule has 0 aliphatic heterocycles. The summed E-state index contributed by atoms with van der Waals surface area (Å²) in [5, 5.41) is 18.5. The predicted molar refractivity (Wildman–Crippen MR) is 83.4 cm³/mol. The zero-order valence-corrected chi connectivity index (χ0v) is 12.3. The lowest BCUT2D eigenvalue weighted by Gasteiger charge is -2.06. The molecule has 0 fully saturated rings. The maximum atomic E-state index is 13.8. The highest BCUT2D eigenvalue weighted by atomic mass is 19.1. The van der Waals surface area contributed by atoms with Crippen LogP contribution in [0.2, 0.25) is 0 Å². The van der Waals surface area contributed by atoms with Gasteiger partial charge in [0.15, 0.2) is 17.7 Å². The van der Waals surface area contributed by atoms with Crippen molar-refractivity contribution in [1.29, 1.82) is 0 Å². The molecule has 0 radical (unpaired) electrons. The molecule has 0 amide bonds. The normalized spacial score (nSPS) is 12.6. The minimum atomic E-state index is -1.13. The number of rotatable bonds is 3. The van der Waals surface area contributed by atoms with Crippen molar-refractivity contribution in [3.8, 4) is 11.3 Å². The largest absolute Gasteiger partial charge is 0.382 e. The summed E-state index contributed by atoms with van der Waals surface area (Å²) in [6, 6.07) is 11.1. The highest BCUT2D eigenvalue weighted by Gasteiger charge is 2.22. The van der Waals surface area contributed by atoms with Gasteiger partial charge in [0.2, 0.25) is 0 Å². The fourth-order valence-corrected chi connectivity index (χ4v) is 2.54. The van der Waals surface area contributed by atoms with Gasteiger partial charge in [-0.2, -0.15) is 5.10 Å². The van der Waals surface area contributed by atoms with Crippen molar-refractivity contribution in [1.82, 2.24) is 19.8 Å². The van der Waals surface area contributed by atoms with Crippen LogP contribution < -0.4 is 5.73 Å². The highest BCUT2D eigenvalue weighted by Crippen LogP contribution is 2.29. The third kappa shape index (κ3) is 2.20. The monoisotopic (exact) mass is 325 g/mol. The summed E-state index contributed by atoms with van der Waals surface area (Å²) in [6.07, 6.45) is 0.166. The Morgan fingerprint density at radius 1 is 1.21 bits per heavy atom. The van der Waals surface area contributed by atoms with Crippen molar-refractivity contribution in [2.45, 2.75) is 6.10 Å². The number of aliphatic hydroxyl groups is 1. The average molecular weight is 325 g/mol. The second-order valence-electron chi connectivity index (χ2n) is 5.20. The zero-order valence-electron chi connectivity index (χ0n) is 12.3. The quantitative estimate of drug-likeness (QED) is 0.598. The molecule has 120 valence electrons. The Morgan fingerprint density at radius 2 is 2.04 bits per heavy atom. The number of benzene rings is 1. The maximum absolute atomic E-state index is 13.8. The molecule has 1 atom stereocenters. The topological polar surface area (TPSA) is 102 Å². The van der Waals surface area contributed by atoms with E-state index in [2.05, 4.69) is 15.2 Å². The second-order valence-corrected chi connectivity index (χ2v) is 5.20. The third-order valence-electron chi connectivity index (χ3n) is 3.74. The van der Waals surface area contributed by atoms with Crippen molar-refractivity contribution in [3.63, 3.8) is 0 Å². The molecule has 0 saturated carbocycles. The number of hydrogen-bond acceptors (Lipinski definition) is 6. The van der Waals surface area contributed by atoms with Crippen LogP contribution in [0.3, 0.4) is 0 Å². The van der Waals surface area contributed by atoms with Gasteiger partial charge in [0.25, 0.3) is 0 Å². The van der Waals surface area contributed by atoms with Gasteiger partial charge in [0.05, 0.1) is 5.69 Å². The average Bonchev–Trinajstić information content (AvgIpc) is 3.22. The molecule has 4 aromatic rings. The van der Waals surface area contributed by atoms with Gasteiger partial charge >= 0.3 is 0 Å². The Morgan fingerprint density at radius 3 is 2.88 bits per heavy atom. The number of nitrogens with zero attached hydrogens (tertiary/aromatic N) is 4. The van der Waals surface area contributed by atoms with Gasteiger partial charge < -0.3 is 15.4 Å². The minimum Gasteiger partial charge on any atom is -0.382 e. The molecule has 1 aromatic carbocycles. The lowest BCUT2D eigenvalue weighted by Crippen LogP contribution is -2.06. The van der Waals surface area contributed by atoms with Crippen LogP contribution >= 0.6 is 0 Å². The van der Waals surface area contributed by atoms with Crippen molar-refractivity contribution in [2.24, 2.45) is 0 Å². The van der Waals surface area contributed by atoms with Crippen LogP contribution in [-0.2, 0) is 0 Å². The molecule has 0 saturated heterocycles. The predicted octanol–water partition coefficient (Wildman–Crippen LogP) is 2.19. The number of nitrogen functional groups attached to an aromatic ring is 1. The Hall–Kier alpha value is -3.26. The Bertz CT molecular complexity index is 1030. The van der Waals surface area contributed by atoms with E-state index in [0.717, 1.165) is 0 Å². The fourth-order valence-electron chi connectivity index (χ4n) is 2.54. The molecule has 7 nitrogen and oxygen atoms in total. The fraction of sp³-hybridized carbons (Fsp3) is 0.0625. The summed E-state index contributed by atoms with van der Waals surface area (Å²) in [5.41, 5.74) is 7.38. The van der Waals surface area contributed by atoms with E-state index in [1.54, 1.807) is 30.3 Å². The summed E-state index contributed by atoms with van der Waals surface area (Å²) >= 11 is 0. The first kappa shape index (κ1) is 14.3. The zero-order chi connectivity index (χ0) is 16.7. The van der Waals surface area contributed by atoms with Gasteiger partial charge in [0, 0.05) is 11.6 Å². The summed E-state index contributed by atoms with van der Waals surface area (Å²) < 4.78 is 20.5. The lowest BCUT2D eigenvalue weighted by molar-refractivity contribution is 0.170. The van der Waals surface area contributed by atoms with Crippen LogP contribution in [0.4, 0.5) is 10.2 Å². The molecule has 8 heteroatoms. The van der Waals surface area contributed by atoms with Crippen molar-refractivity contribution >= 4 is 11.3 Å². The Kier molecular flexibility index (Phi) is 3.24. The highest BCUT2D eigenvalue weighted by molar-refractivity contribution is 5.65. The van der Waals surface area contributed by atoms with E-state index >= 15 is 0 Å². The number of halogens is 1. The van der Waals surface area contributed by atoms with Crippen LogP contribution in [0, 0.1) is 5.82 Å². The van der Waals surface area contributed by atoms with E-state index in [0.29, 0.717) is 28.3 Å². The Labute approximate surface area is 135 Å². The Balaban J connectivity index is 1.74. The molecule has 4 rings (SSSR count). The SMILES string of the molecule is Nc1ncnn2c(C(O)c3cc(-c4ccccc4F)no3)ccc12. The molecule has 3 heterocycles. The van der Waals surface area contributed by atoms with E-state index in [1.807, 2.05) is 0 Å². The standard InChI is InChI=1S/C16H12FN5O2/c17-10-4-2-1-3-9(10)11-7-14(24-21-11)15(23)12-5-6-13-16(18)19-8-20-22(12)13/h1-8,15,23H,(H2,18,19,20). The number of aromatic nitrogens is 4. The molecule has 1 unspecified atom stereocenters. The van der Waals surface area contributed by atoms with Gasteiger partial charge in [-0.1, -0.05) is 17.3 Å². The summed E-state index contributed by atoms with van der Waals surface area (Å²) in [4.78, 5) is 3.89. The number of fused-ring (bicyclic) bond motifs is 1. The maximum Gasteiger partial charge on any atom is 0.171 e. The lowest BCUT2D eigenvalue weighted by atomic mass is 10.1. The van der Waals surface area contributed by atoms with Crippen LogP contribution in [0.1, 0.15) is 17.6 Å². The van der Waals surface area contributed by atoms with E-state index in [4.69, 9.17) is 10.3 Å². The molecular weight excluding hydrogens is 313 g/mol. The van der Waals surface area contributed by atoms with Crippen LogP contribution in [-0.4, -0.2) is 24.9 Å². The smallest absolute Gasteiger partial charge is 0.171 e. The second kappa shape index (κ2) is 5.43. The molecule has 3 aromatic heterocycles. The van der Waals surface area contributed by atoms with Gasteiger partial charge in [-0.3, -0.25) is 0 Å². The molecule has 0 aliphatic carbocycles. The van der Waals surface area contributed by atoms with Gasteiger partial charge in [-0.25, -0.2) is 13.9 Å². The molecule has 0 spiro atoms. The molecule has 3 N–H and O–H groups in total.